The molecule has 2 aromatic rings. The first-order valence-electron chi connectivity index (χ1n) is 12.5. The van der Waals surface area contributed by atoms with E-state index in [2.05, 4.69) is 27.9 Å². The molecule has 0 radical (unpaired) electrons. The highest BCUT2D eigenvalue weighted by molar-refractivity contribution is 5.92. The summed E-state index contributed by atoms with van der Waals surface area (Å²) < 4.78 is 5.44. The van der Waals surface area contributed by atoms with Crippen molar-refractivity contribution in [1.29, 1.82) is 0 Å². The first-order valence-corrected chi connectivity index (χ1v) is 12.5. The number of rotatable bonds is 9. The molecule has 2 amide bonds. The Labute approximate surface area is 201 Å². The van der Waals surface area contributed by atoms with Gasteiger partial charge in [-0.2, -0.15) is 0 Å². The first-order chi connectivity index (χ1) is 16.4. The second-order valence-corrected chi connectivity index (χ2v) is 9.61. The van der Waals surface area contributed by atoms with Crippen molar-refractivity contribution in [3.8, 4) is 5.75 Å². The topological polar surface area (TPSA) is 95.6 Å². The predicted molar refractivity (Wildman–Crippen MR) is 134 cm³/mol. The van der Waals surface area contributed by atoms with E-state index in [1.54, 1.807) is 13.3 Å². The second kappa shape index (κ2) is 10.6. The number of nitrogens with one attached hydrogen (secondary N) is 3. The zero-order valence-corrected chi connectivity index (χ0v) is 20.5. The molecular formula is C26H37N5O3. The van der Waals surface area contributed by atoms with Crippen molar-refractivity contribution < 1.29 is 14.3 Å². The number of anilines is 1. The third kappa shape index (κ3) is 5.12. The van der Waals surface area contributed by atoms with Gasteiger partial charge in [0, 0.05) is 30.2 Å². The molecule has 1 aliphatic heterocycles. The van der Waals surface area contributed by atoms with Crippen LogP contribution in [0.1, 0.15) is 58.8 Å². The van der Waals surface area contributed by atoms with Crippen molar-refractivity contribution in [2.24, 2.45) is 0 Å². The lowest BCUT2D eigenvalue weighted by atomic mass is 9.87. The van der Waals surface area contributed by atoms with Gasteiger partial charge in [0.2, 0.25) is 11.8 Å². The zero-order chi connectivity index (χ0) is 24.1. The summed E-state index contributed by atoms with van der Waals surface area (Å²) in [5.74, 6) is 0.741. The van der Waals surface area contributed by atoms with Gasteiger partial charge in [0.05, 0.1) is 30.5 Å². The monoisotopic (exact) mass is 467 g/mol. The van der Waals surface area contributed by atoms with Gasteiger partial charge in [0.1, 0.15) is 11.8 Å². The van der Waals surface area contributed by atoms with E-state index in [1.807, 2.05) is 36.1 Å². The van der Waals surface area contributed by atoms with Crippen molar-refractivity contribution in [1.82, 2.24) is 20.5 Å². The van der Waals surface area contributed by atoms with Crippen LogP contribution in [-0.4, -0.2) is 59.6 Å². The summed E-state index contributed by atoms with van der Waals surface area (Å²) in [6.45, 7) is 4.88. The van der Waals surface area contributed by atoms with E-state index in [-0.39, 0.29) is 23.5 Å². The van der Waals surface area contributed by atoms with Gasteiger partial charge in [-0.05, 0) is 64.5 Å². The second-order valence-electron chi connectivity index (χ2n) is 9.61. The number of aromatic nitrogens is 1. The van der Waals surface area contributed by atoms with Gasteiger partial charge >= 0.3 is 0 Å². The molecule has 184 valence electrons. The van der Waals surface area contributed by atoms with E-state index in [9.17, 15) is 9.59 Å². The molecule has 2 atom stereocenters. The van der Waals surface area contributed by atoms with Crippen LogP contribution in [0.15, 0.2) is 30.5 Å². The number of pyridine rings is 1. The number of hydrogen-bond acceptors (Lipinski definition) is 6. The van der Waals surface area contributed by atoms with E-state index in [1.165, 1.54) is 6.42 Å². The van der Waals surface area contributed by atoms with E-state index in [0.717, 1.165) is 60.9 Å². The lowest BCUT2D eigenvalue weighted by molar-refractivity contribution is -0.142. The van der Waals surface area contributed by atoms with E-state index < -0.39 is 6.04 Å². The largest absolute Gasteiger partial charge is 0.497 e. The average molecular weight is 468 g/mol. The molecule has 2 fully saturated rings. The van der Waals surface area contributed by atoms with Crippen LogP contribution in [-0.2, 0) is 9.59 Å². The Bertz CT molecular complexity index is 1020. The molecule has 3 N–H and O–H groups in total. The quantitative estimate of drug-likeness (QED) is 0.489. The van der Waals surface area contributed by atoms with E-state index in [0.29, 0.717) is 13.1 Å². The van der Waals surface area contributed by atoms with Crippen LogP contribution < -0.4 is 20.7 Å². The van der Waals surface area contributed by atoms with Gasteiger partial charge in [-0.25, -0.2) is 0 Å². The normalized spacial score (nSPS) is 19.3. The molecule has 2 aliphatic rings. The molecule has 1 unspecified atom stereocenters. The lowest BCUT2D eigenvalue weighted by Gasteiger charge is -2.43. The first kappa shape index (κ1) is 24.3. The Kier molecular flexibility index (Phi) is 7.56. The highest BCUT2D eigenvalue weighted by Crippen LogP contribution is 2.35. The number of nitrogens with zero attached hydrogens (tertiary/aromatic N) is 2. The number of fused-ring (bicyclic) bond motifs is 1. The lowest BCUT2D eigenvalue weighted by Crippen LogP contribution is -2.59. The molecule has 1 spiro atoms. The highest BCUT2D eigenvalue weighted by Gasteiger charge is 2.48. The summed E-state index contributed by atoms with van der Waals surface area (Å²) in [6, 6.07) is 7.62. The van der Waals surface area contributed by atoms with Crippen LogP contribution >= 0.6 is 0 Å². The summed E-state index contributed by atoms with van der Waals surface area (Å²) in [7, 11) is 1.66. The number of benzene rings is 1. The van der Waals surface area contributed by atoms with Crippen molar-refractivity contribution in [3.05, 3.63) is 30.5 Å². The van der Waals surface area contributed by atoms with Crippen LogP contribution in [0.3, 0.4) is 0 Å². The van der Waals surface area contributed by atoms with E-state index in [4.69, 9.17) is 4.74 Å². The number of ether oxygens (including phenoxy) is 1. The van der Waals surface area contributed by atoms with Gasteiger partial charge in [-0.15, -0.1) is 0 Å². The number of amides is 2. The number of carbonyl (C=O) groups is 2. The fourth-order valence-electron chi connectivity index (χ4n) is 5.41. The number of carbonyl (C=O) groups excluding carboxylic acids is 2. The Balaban J connectivity index is 1.28. The molecule has 34 heavy (non-hydrogen) atoms. The highest BCUT2D eigenvalue weighted by atomic mass is 16.5. The molecule has 1 saturated heterocycles. The maximum Gasteiger partial charge on any atom is 0.242 e. The van der Waals surface area contributed by atoms with Gasteiger partial charge in [-0.3, -0.25) is 19.9 Å². The molecule has 1 aromatic carbocycles. The Hall–Kier alpha value is -2.87. The predicted octanol–water partition coefficient (Wildman–Crippen LogP) is 3.42. The molecule has 4 rings (SSSR count). The van der Waals surface area contributed by atoms with Crippen LogP contribution in [0.2, 0.25) is 0 Å². The third-order valence-electron chi connectivity index (χ3n) is 7.18. The fourth-order valence-corrected chi connectivity index (χ4v) is 5.41. The van der Waals surface area contributed by atoms with Crippen LogP contribution in [0.4, 0.5) is 5.69 Å². The van der Waals surface area contributed by atoms with Gasteiger partial charge < -0.3 is 20.3 Å². The molecule has 0 bridgehead atoms. The maximum absolute atomic E-state index is 12.9. The molecular weight excluding hydrogens is 430 g/mol. The molecule has 8 nitrogen and oxygen atoms in total. The Morgan fingerprint density at radius 3 is 2.82 bits per heavy atom. The maximum atomic E-state index is 12.9. The number of hydrogen-bond donors (Lipinski definition) is 3. The van der Waals surface area contributed by atoms with Crippen molar-refractivity contribution in [3.63, 3.8) is 0 Å². The molecule has 8 heteroatoms. The molecule has 2 heterocycles. The minimum absolute atomic E-state index is 0.0292. The summed E-state index contributed by atoms with van der Waals surface area (Å²) in [4.78, 5) is 31.8. The van der Waals surface area contributed by atoms with Crippen molar-refractivity contribution >= 4 is 28.4 Å². The zero-order valence-electron chi connectivity index (χ0n) is 20.5. The van der Waals surface area contributed by atoms with Gasteiger partial charge in [0.25, 0.3) is 0 Å². The standard InChI is InChI=1S/C26H37N5O3/c1-18(30-22-16-21(34-3)15-20-10-8-13-27-24(20)22)9-7-14-28-25(33)19(2)31-23(32)17-29-26(31)11-5-4-6-12-26/h8,10,13,15-16,18-19,29-30H,4-7,9,11-12,14,17H2,1-3H3,(H,28,33)/t18?,19-/m0/s1. The molecule has 1 aliphatic carbocycles. The number of methoxy groups -OCH3 is 1. The minimum atomic E-state index is -0.467. The summed E-state index contributed by atoms with van der Waals surface area (Å²) >= 11 is 0. The van der Waals surface area contributed by atoms with Crippen LogP contribution in [0.25, 0.3) is 10.9 Å². The van der Waals surface area contributed by atoms with Gasteiger partial charge in [0.15, 0.2) is 0 Å². The smallest absolute Gasteiger partial charge is 0.242 e. The summed E-state index contributed by atoms with van der Waals surface area (Å²) in [5.41, 5.74) is 1.52. The minimum Gasteiger partial charge on any atom is -0.497 e. The SMILES string of the molecule is COc1cc(NC(C)CCCNC(=O)[C@H](C)N2C(=O)CNC23CCCCC3)c2ncccc2c1. The Morgan fingerprint density at radius 1 is 1.26 bits per heavy atom. The van der Waals surface area contributed by atoms with Crippen LogP contribution in [0, 0.1) is 0 Å². The summed E-state index contributed by atoms with van der Waals surface area (Å²) in [6.07, 6.45) is 8.73. The fraction of sp³-hybridized carbons (Fsp3) is 0.577. The Morgan fingerprint density at radius 2 is 2.06 bits per heavy atom. The van der Waals surface area contributed by atoms with Gasteiger partial charge in [-0.1, -0.05) is 12.5 Å². The van der Waals surface area contributed by atoms with E-state index >= 15 is 0 Å². The average Bonchev–Trinajstić information content (AvgIpc) is 3.16. The molecule has 1 aromatic heterocycles. The van der Waals surface area contributed by atoms with Crippen molar-refractivity contribution in [2.75, 3.05) is 25.5 Å². The van der Waals surface area contributed by atoms with Crippen LogP contribution in [0.5, 0.6) is 5.75 Å². The van der Waals surface area contributed by atoms with Crippen molar-refractivity contribution in [2.45, 2.75) is 76.5 Å². The summed E-state index contributed by atoms with van der Waals surface area (Å²) in [5, 5.41) is 11.0. The molecule has 1 saturated carbocycles. The third-order valence-corrected chi connectivity index (χ3v) is 7.18.